The molecule has 0 aliphatic heterocycles. The normalized spacial score (nSPS) is 12.6. The van der Waals surface area contributed by atoms with Crippen molar-refractivity contribution in [2.75, 3.05) is 19.8 Å². The topological polar surface area (TPSA) is 58.6 Å². The van der Waals surface area contributed by atoms with Crippen LogP contribution in [0.15, 0.2) is 0 Å². The molecule has 0 aromatic carbocycles. The first kappa shape index (κ1) is 11.4. The molecule has 0 fully saturated rings. The molecular formula is C8H17NO3. The minimum atomic E-state index is 0.0176. The molecular weight excluding hydrogens is 158 g/mol. The Kier molecular flexibility index (Phi) is 6.70. The summed E-state index contributed by atoms with van der Waals surface area (Å²) in [6.07, 6.45) is 0.490. The number of rotatable bonds is 6. The van der Waals surface area contributed by atoms with Crippen molar-refractivity contribution in [3.05, 3.63) is 0 Å². The van der Waals surface area contributed by atoms with E-state index in [9.17, 15) is 4.79 Å². The molecule has 1 unspecified atom stereocenters. The van der Waals surface area contributed by atoms with Crippen LogP contribution in [0.25, 0.3) is 0 Å². The maximum Gasteiger partial charge on any atom is 0.220 e. The smallest absolute Gasteiger partial charge is 0.220 e. The Morgan fingerprint density at radius 1 is 1.67 bits per heavy atom. The van der Waals surface area contributed by atoms with E-state index < -0.39 is 0 Å². The Morgan fingerprint density at radius 2 is 2.33 bits per heavy atom. The van der Waals surface area contributed by atoms with Gasteiger partial charge in [-0.1, -0.05) is 6.92 Å². The number of hydrogen-bond acceptors (Lipinski definition) is 3. The fourth-order valence-electron chi connectivity index (χ4n) is 0.743. The summed E-state index contributed by atoms with van der Waals surface area (Å²) in [5.41, 5.74) is 0. The maximum atomic E-state index is 10.8. The summed E-state index contributed by atoms with van der Waals surface area (Å²) in [7, 11) is 0. The van der Waals surface area contributed by atoms with Gasteiger partial charge in [-0.15, -0.1) is 0 Å². The Bertz CT molecular complexity index is 127. The van der Waals surface area contributed by atoms with Crippen LogP contribution in [0.1, 0.15) is 20.3 Å². The Morgan fingerprint density at radius 3 is 2.83 bits per heavy atom. The third-order valence-corrected chi connectivity index (χ3v) is 1.33. The quantitative estimate of drug-likeness (QED) is 0.555. The zero-order valence-corrected chi connectivity index (χ0v) is 7.67. The van der Waals surface area contributed by atoms with Crippen LogP contribution in [0.3, 0.4) is 0 Å². The van der Waals surface area contributed by atoms with Gasteiger partial charge in [0.25, 0.3) is 0 Å². The van der Waals surface area contributed by atoms with Crippen LogP contribution in [0.5, 0.6) is 0 Å². The van der Waals surface area contributed by atoms with Crippen LogP contribution in [0.4, 0.5) is 0 Å². The van der Waals surface area contributed by atoms with Crippen molar-refractivity contribution >= 4 is 5.91 Å². The zero-order valence-electron chi connectivity index (χ0n) is 7.67. The third-order valence-electron chi connectivity index (χ3n) is 1.33. The number of ether oxygens (including phenoxy) is 1. The molecule has 0 heterocycles. The first-order valence-electron chi connectivity index (χ1n) is 4.18. The number of amides is 1. The van der Waals surface area contributed by atoms with Gasteiger partial charge in [0, 0.05) is 12.5 Å². The molecule has 0 spiro atoms. The molecule has 72 valence electrons. The summed E-state index contributed by atoms with van der Waals surface area (Å²) in [5.74, 6) is 0.0232. The summed E-state index contributed by atoms with van der Waals surface area (Å²) in [5, 5.41) is 11.1. The second-order valence-corrected chi connectivity index (χ2v) is 2.62. The first-order valence-corrected chi connectivity index (χ1v) is 4.18. The molecule has 0 aliphatic rings. The molecule has 0 bridgehead atoms. The number of carbonyl (C=O) groups is 1. The van der Waals surface area contributed by atoms with Crippen molar-refractivity contribution in [2.24, 2.45) is 0 Å². The van der Waals surface area contributed by atoms with Gasteiger partial charge in [-0.25, -0.2) is 0 Å². The fraction of sp³-hybridized carbons (Fsp3) is 0.875. The molecule has 1 amide bonds. The van der Waals surface area contributed by atoms with E-state index in [1.54, 1.807) is 6.92 Å². The summed E-state index contributed by atoms with van der Waals surface area (Å²) >= 11 is 0. The highest BCUT2D eigenvalue weighted by Gasteiger charge is 2.04. The van der Waals surface area contributed by atoms with E-state index in [2.05, 4.69) is 5.32 Å². The van der Waals surface area contributed by atoms with Crippen molar-refractivity contribution in [1.82, 2.24) is 5.32 Å². The third kappa shape index (κ3) is 6.12. The van der Waals surface area contributed by atoms with Gasteiger partial charge in [0.2, 0.25) is 5.91 Å². The van der Waals surface area contributed by atoms with Crippen LogP contribution in [0, 0.1) is 0 Å². The highest BCUT2D eigenvalue weighted by molar-refractivity contribution is 5.75. The van der Waals surface area contributed by atoms with Gasteiger partial charge in [-0.05, 0) is 6.92 Å². The number of aliphatic hydroxyl groups is 1. The fourth-order valence-corrected chi connectivity index (χ4v) is 0.743. The van der Waals surface area contributed by atoms with Gasteiger partial charge >= 0.3 is 0 Å². The minimum absolute atomic E-state index is 0.0176. The van der Waals surface area contributed by atoms with Gasteiger partial charge < -0.3 is 15.2 Å². The molecule has 0 radical (unpaired) electrons. The van der Waals surface area contributed by atoms with Crippen molar-refractivity contribution in [1.29, 1.82) is 0 Å². The second kappa shape index (κ2) is 7.06. The minimum Gasteiger partial charge on any atom is -0.394 e. The molecule has 12 heavy (non-hydrogen) atoms. The first-order chi connectivity index (χ1) is 5.70. The van der Waals surface area contributed by atoms with Crippen LogP contribution >= 0.6 is 0 Å². The van der Waals surface area contributed by atoms with Crippen LogP contribution in [-0.4, -0.2) is 36.9 Å². The van der Waals surface area contributed by atoms with E-state index in [0.29, 0.717) is 19.6 Å². The van der Waals surface area contributed by atoms with Crippen molar-refractivity contribution in [3.8, 4) is 0 Å². The van der Waals surface area contributed by atoms with Crippen molar-refractivity contribution < 1.29 is 14.6 Å². The van der Waals surface area contributed by atoms with E-state index in [1.807, 2.05) is 6.92 Å². The van der Waals surface area contributed by atoms with Gasteiger partial charge in [0.1, 0.15) is 0 Å². The predicted octanol–water partition coefficient (Wildman–Crippen LogP) is -0.0900. The molecule has 0 saturated heterocycles. The molecule has 2 N–H and O–H groups in total. The molecule has 0 rings (SSSR count). The summed E-state index contributed by atoms with van der Waals surface area (Å²) in [4.78, 5) is 10.8. The summed E-state index contributed by atoms with van der Waals surface area (Å²) < 4.78 is 5.03. The van der Waals surface area contributed by atoms with Gasteiger partial charge in [0.05, 0.1) is 19.8 Å². The molecule has 4 heteroatoms. The Balaban J connectivity index is 3.32. The number of carbonyl (C=O) groups excluding carboxylic acids is 1. The zero-order chi connectivity index (χ0) is 9.40. The number of aliphatic hydroxyl groups excluding tert-OH is 1. The van der Waals surface area contributed by atoms with E-state index in [-0.39, 0.29) is 18.6 Å². The average molecular weight is 175 g/mol. The lowest BCUT2D eigenvalue weighted by atomic mass is 10.3. The molecule has 0 aromatic rings. The molecule has 0 aromatic heterocycles. The lowest BCUT2D eigenvalue weighted by Gasteiger charge is -2.12. The van der Waals surface area contributed by atoms with Crippen LogP contribution in [-0.2, 0) is 9.53 Å². The van der Waals surface area contributed by atoms with Crippen LogP contribution < -0.4 is 5.32 Å². The Labute approximate surface area is 72.9 Å². The molecule has 1 atom stereocenters. The highest BCUT2D eigenvalue weighted by atomic mass is 16.5. The van der Waals surface area contributed by atoms with E-state index in [0.717, 1.165) is 0 Å². The lowest BCUT2D eigenvalue weighted by Crippen LogP contribution is -2.35. The largest absolute Gasteiger partial charge is 0.394 e. The number of hydrogen-bond donors (Lipinski definition) is 2. The van der Waals surface area contributed by atoms with E-state index in [4.69, 9.17) is 9.84 Å². The Hall–Kier alpha value is -0.610. The molecule has 4 nitrogen and oxygen atoms in total. The molecule has 0 aliphatic carbocycles. The predicted molar refractivity (Wildman–Crippen MR) is 45.8 cm³/mol. The molecule has 0 saturated carbocycles. The lowest BCUT2D eigenvalue weighted by molar-refractivity contribution is -0.121. The van der Waals surface area contributed by atoms with Gasteiger partial charge in [-0.2, -0.15) is 0 Å². The SMILES string of the molecule is CCC(=O)NC(C)COCCO. The van der Waals surface area contributed by atoms with Crippen molar-refractivity contribution in [2.45, 2.75) is 26.3 Å². The summed E-state index contributed by atoms with van der Waals surface area (Å²) in [6, 6.07) is 0.0176. The highest BCUT2D eigenvalue weighted by Crippen LogP contribution is 1.85. The standard InChI is InChI=1S/C8H17NO3/c1-3-8(11)9-7(2)6-12-5-4-10/h7,10H,3-6H2,1-2H3,(H,9,11). The van der Waals surface area contributed by atoms with E-state index in [1.165, 1.54) is 0 Å². The second-order valence-electron chi connectivity index (χ2n) is 2.62. The van der Waals surface area contributed by atoms with Gasteiger partial charge in [-0.3, -0.25) is 4.79 Å². The average Bonchev–Trinajstić information content (AvgIpc) is 2.05. The summed E-state index contributed by atoms with van der Waals surface area (Å²) in [6.45, 7) is 4.47. The van der Waals surface area contributed by atoms with Crippen molar-refractivity contribution in [3.63, 3.8) is 0 Å². The number of nitrogens with one attached hydrogen (secondary N) is 1. The monoisotopic (exact) mass is 175 g/mol. The van der Waals surface area contributed by atoms with Crippen LogP contribution in [0.2, 0.25) is 0 Å². The van der Waals surface area contributed by atoms with E-state index >= 15 is 0 Å². The van der Waals surface area contributed by atoms with Gasteiger partial charge in [0.15, 0.2) is 0 Å². The maximum absolute atomic E-state index is 10.8.